The Morgan fingerprint density at radius 2 is 1.78 bits per heavy atom. The number of nitrogens with two attached hydrogens (primary N) is 1. The molecule has 0 radical (unpaired) electrons. The molecule has 0 aliphatic heterocycles. The van der Waals surface area contributed by atoms with Crippen molar-refractivity contribution < 1.29 is 14.0 Å². The highest BCUT2D eigenvalue weighted by Gasteiger charge is 2.36. The predicted octanol–water partition coefficient (Wildman–Crippen LogP) is 3.39. The standard InChI is InChI=1S/C20H22FN3O2.ClH/c21-16-7-4-6-15(12-16)18(25)24-17-8-3-5-14(11-17)13-23-19(26)20(22)9-1-2-10-20;/h3-8,11-12H,1-2,9-10,13,22H2,(H,23,26)(H,24,25);1H. The number of hydrogen-bond donors (Lipinski definition) is 3. The highest BCUT2D eigenvalue weighted by Crippen LogP contribution is 2.27. The van der Waals surface area contributed by atoms with Gasteiger partial charge in [0.15, 0.2) is 0 Å². The number of amides is 2. The van der Waals surface area contributed by atoms with Gasteiger partial charge in [0.05, 0.1) is 5.54 Å². The highest BCUT2D eigenvalue weighted by atomic mass is 35.5. The molecule has 5 nitrogen and oxygen atoms in total. The molecule has 4 N–H and O–H groups in total. The van der Waals surface area contributed by atoms with Crippen LogP contribution < -0.4 is 16.4 Å². The van der Waals surface area contributed by atoms with Gasteiger partial charge < -0.3 is 16.4 Å². The molecule has 0 aromatic heterocycles. The van der Waals surface area contributed by atoms with E-state index >= 15 is 0 Å². The first-order valence-electron chi connectivity index (χ1n) is 8.69. The minimum Gasteiger partial charge on any atom is -0.350 e. The van der Waals surface area contributed by atoms with E-state index in [0.717, 1.165) is 18.4 Å². The Kier molecular flexibility index (Phi) is 6.93. The molecule has 0 bridgehead atoms. The molecule has 0 atom stereocenters. The Morgan fingerprint density at radius 1 is 1.07 bits per heavy atom. The number of carbonyl (C=O) groups excluding carboxylic acids is 2. The highest BCUT2D eigenvalue weighted by molar-refractivity contribution is 6.04. The van der Waals surface area contributed by atoms with Gasteiger partial charge in [0.1, 0.15) is 5.82 Å². The van der Waals surface area contributed by atoms with Crippen LogP contribution in [-0.4, -0.2) is 17.4 Å². The van der Waals surface area contributed by atoms with Gasteiger partial charge in [0, 0.05) is 17.8 Å². The van der Waals surface area contributed by atoms with Crippen molar-refractivity contribution in [2.75, 3.05) is 5.32 Å². The van der Waals surface area contributed by atoms with Crippen molar-refractivity contribution >= 4 is 29.9 Å². The lowest BCUT2D eigenvalue weighted by Gasteiger charge is -2.22. The summed E-state index contributed by atoms with van der Waals surface area (Å²) in [4.78, 5) is 24.5. The molecule has 3 rings (SSSR count). The molecule has 2 amide bonds. The van der Waals surface area contributed by atoms with Gasteiger partial charge in [0.25, 0.3) is 5.91 Å². The zero-order chi connectivity index (χ0) is 18.6. The normalized spacial score (nSPS) is 14.9. The van der Waals surface area contributed by atoms with Gasteiger partial charge in [-0.3, -0.25) is 9.59 Å². The van der Waals surface area contributed by atoms with Crippen molar-refractivity contribution in [2.45, 2.75) is 37.8 Å². The van der Waals surface area contributed by atoms with Crippen LogP contribution in [0.4, 0.5) is 10.1 Å². The zero-order valence-electron chi connectivity index (χ0n) is 14.8. The summed E-state index contributed by atoms with van der Waals surface area (Å²) in [6, 6.07) is 12.7. The zero-order valence-corrected chi connectivity index (χ0v) is 15.7. The fourth-order valence-electron chi connectivity index (χ4n) is 3.18. The second kappa shape index (κ2) is 8.97. The van der Waals surface area contributed by atoms with Crippen LogP contribution in [0.2, 0.25) is 0 Å². The van der Waals surface area contributed by atoms with E-state index in [1.165, 1.54) is 18.2 Å². The van der Waals surface area contributed by atoms with E-state index in [9.17, 15) is 14.0 Å². The summed E-state index contributed by atoms with van der Waals surface area (Å²) in [5.41, 5.74) is 7.05. The minimum absolute atomic E-state index is 0. The number of hydrogen-bond acceptors (Lipinski definition) is 3. The molecule has 2 aromatic rings. The average Bonchev–Trinajstić information content (AvgIpc) is 3.08. The lowest BCUT2D eigenvalue weighted by atomic mass is 9.98. The second-order valence-corrected chi connectivity index (χ2v) is 6.71. The van der Waals surface area contributed by atoms with Gasteiger partial charge in [-0.15, -0.1) is 12.4 Å². The summed E-state index contributed by atoms with van der Waals surface area (Å²) in [7, 11) is 0. The maximum absolute atomic E-state index is 13.2. The quantitative estimate of drug-likeness (QED) is 0.730. The van der Waals surface area contributed by atoms with E-state index in [2.05, 4.69) is 10.6 Å². The molecule has 1 saturated carbocycles. The summed E-state index contributed by atoms with van der Waals surface area (Å²) >= 11 is 0. The smallest absolute Gasteiger partial charge is 0.255 e. The lowest BCUT2D eigenvalue weighted by Crippen LogP contribution is -2.51. The van der Waals surface area contributed by atoms with Gasteiger partial charge in [0.2, 0.25) is 5.91 Å². The molecule has 1 aliphatic carbocycles. The van der Waals surface area contributed by atoms with E-state index in [0.29, 0.717) is 25.1 Å². The Hall–Kier alpha value is -2.44. The van der Waals surface area contributed by atoms with Crippen molar-refractivity contribution in [1.29, 1.82) is 0 Å². The largest absolute Gasteiger partial charge is 0.350 e. The molecular weight excluding hydrogens is 369 g/mol. The number of carbonyl (C=O) groups is 2. The second-order valence-electron chi connectivity index (χ2n) is 6.71. The molecule has 144 valence electrons. The predicted molar refractivity (Wildman–Crippen MR) is 105 cm³/mol. The molecule has 2 aromatic carbocycles. The van der Waals surface area contributed by atoms with E-state index in [1.54, 1.807) is 24.3 Å². The fourth-order valence-corrected chi connectivity index (χ4v) is 3.18. The van der Waals surface area contributed by atoms with Gasteiger partial charge in [-0.1, -0.05) is 31.0 Å². The van der Waals surface area contributed by atoms with E-state index in [-0.39, 0.29) is 23.9 Å². The van der Waals surface area contributed by atoms with Crippen molar-refractivity contribution in [3.63, 3.8) is 0 Å². The Labute approximate surface area is 163 Å². The maximum Gasteiger partial charge on any atom is 0.255 e. The van der Waals surface area contributed by atoms with Crippen LogP contribution in [0.3, 0.4) is 0 Å². The number of nitrogens with one attached hydrogen (secondary N) is 2. The molecule has 1 fully saturated rings. The van der Waals surface area contributed by atoms with E-state index < -0.39 is 17.3 Å². The summed E-state index contributed by atoms with van der Waals surface area (Å²) in [6.45, 7) is 0.335. The third-order valence-corrected chi connectivity index (χ3v) is 4.67. The van der Waals surface area contributed by atoms with E-state index in [1.807, 2.05) is 6.07 Å². The Morgan fingerprint density at radius 3 is 2.48 bits per heavy atom. The molecule has 0 unspecified atom stereocenters. The SMILES string of the molecule is Cl.NC1(C(=O)NCc2cccc(NC(=O)c3cccc(F)c3)c2)CCCC1. The topological polar surface area (TPSA) is 84.2 Å². The van der Waals surface area contributed by atoms with Crippen LogP contribution >= 0.6 is 12.4 Å². The third-order valence-electron chi connectivity index (χ3n) is 4.67. The van der Waals surface area contributed by atoms with Crippen LogP contribution in [-0.2, 0) is 11.3 Å². The summed E-state index contributed by atoms with van der Waals surface area (Å²) in [6.07, 6.45) is 3.38. The first-order chi connectivity index (χ1) is 12.5. The van der Waals surface area contributed by atoms with Crippen molar-refractivity contribution in [3.05, 3.63) is 65.5 Å². The molecular formula is C20H23ClFN3O2. The lowest BCUT2D eigenvalue weighted by molar-refractivity contribution is -0.126. The Balaban J connectivity index is 0.00000261. The number of benzene rings is 2. The summed E-state index contributed by atoms with van der Waals surface area (Å²) in [5, 5.41) is 5.61. The summed E-state index contributed by atoms with van der Waals surface area (Å²) < 4.78 is 13.2. The molecule has 7 heteroatoms. The first kappa shape index (κ1) is 20.9. The molecule has 0 spiro atoms. The maximum atomic E-state index is 13.2. The van der Waals surface area contributed by atoms with Crippen LogP contribution in [0.25, 0.3) is 0 Å². The van der Waals surface area contributed by atoms with Gasteiger partial charge in [-0.2, -0.15) is 0 Å². The van der Waals surface area contributed by atoms with Gasteiger partial charge in [-0.25, -0.2) is 4.39 Å². The number of rotatable bonds is 5. The van der Waals surface area contributed by atoms with Crippen LogP contribution in [0.15, 0.2) is 48.5 Å². The third kappa shape index (κ3) is 5.28. The molecule has 0 heterocycles. The van der Waals surface area contributed by atoms with Crippen LogP contribution in [0, 0.1) is 5.82 Å². The molecule has 1 aliphatic rings. The van der Waals surface area contributed by atoms with Crippen LogP contribution in [0.5, 0.6) is 0 Å². The average molecular weight is 392 g/mol. The van der Waals surface area contributed by atoms with Crippen molar-refractivity contribution in [1.82, 2.24) is 5.32 Å². The minimum atomic E-state index is -0.761. The number of halogens is 2. The molecule has 27 heavy (non-hydrogen) atoms. The van der Waals surface area contributed by atoms with Crippen molar-refractivity contribution in [3.8, 4) is 0 Å². The van der Waals surface area contributed by atoms with Crippen LogP contribution in [0.1, 0.15) is 41.6 Å². The van der Waals surface area contributed by atoms with Crippen molar-refractivity contribution in [2.24, 2.45) is 5.73 Å². The van der Waals surface area contributed by atoms with Gasteiger partial charge in [-0.05, 0) is 48.7 Å². The van der Waals surface area contributed by atoms with Gasteiger partial charge >= 0.3 is 0 Å². The monoisotopic (exact) mass is 391 g/mol. The Bertz CT molecular complexity index is 822. The number of anilines is 1. The first-order valence-corrected chi connectivity index (χ1v) is 8.69. The van der Waals surface area contributed by atoms with E-state index in [4.69, 9.17) is 5.73 Å². The summed E-state index contributed by atoms with van der Waals surface area (Å²) in [5.74, 6) is -0.988. The molecule has 0 saturated heterocycles. The fraction of sp³-hybridized carbons (Fsp3) is 0.300.